The zero-order valence-electron chi connectivity index (χ0n) is 12.0. The van der Waals surface area contributed by atoms with E-state index in [9.17, 15) is 13.2 Å². The SMILES string of the molecule is C[C@@H](C(=O)NC1CC1)S(=O)(=O)Cc1cc(-c2cccs2)on1. The Hall–Kier alpha value is -1.67. The molecule has 0 aliphatic heterocycles. The number of sulfone groups is 1. The van der Waals surface area contributed by atoms with Gasteiger partial charge in [-0.1, -0.05) is 11.2 Å². The van der Waals surface area contributed by atoms with Gasteiger partial charge in [0.15, 0.2) is 15.6 Å². The monoisotopic (exact) mass is 340 g/mol. The van der Waals surface area contributed by atoms with E-state index in [0.717, 1.165) is 17.7 Å². The van der Waals surface area contributed by atoms with Crippen LogP contribution in [0.1, 0.15) is 25.5 Å². The van der Waals surface area contributed by atoms with Gasteiger partial charge in [0.25, 0.3) is 0 Å². The van der Waals surface area contributed by atoms with E-state index >= 15 is 0 Å². The lowest BCUT2D eigenvalue weighted by Crippen LogP contribution is -2.39. The molecule has 0 unspecified atom stereocenters. The van der Waals surface area contributed by atoms with Gasteiger partial charge >= 0.3 is 0 Å². The number of aromatic nitrogens is 1. The van der Waals surface area contributed by atoms with Gasteiger partial charge in [-0.15, -0.1) is 11.3 Å². The molecule has 3 rings (SSSR count). The number of carbonyl (C=O) groups is 1. The summed E-state index contributed by atoms with van der Waals surface area (Å²) in [5.41, 5.74) is 0.314. The molecule has 6 nitrogen and oxygen atoms in total. The van der Waals surface area contributed by atoms with Crippen molar-refractivity contribution in [3.63, 3.8) is 0 Å². The topological polar surface area (TPSA) is 89.3 Å². The van der Waals surface area contributed by atoms with Gasteiger partial charge in [0.05, 0.1) is 16.3 Å². The predicted octanol–water partition coefficient (Wildman–Crippen LogP) is 1.98. The quantitative estimate of drug-likeness (QED) is 0.868. The molecule has 1 N–H and O–H groups in total. The lowest BCUT2D eigenvalue weighted by atomic mass is 10.3. The second-order valence-electron chi connectivity index (χ2n) is 5.39. The van der Waals surface area contributed by atoms with Crippen LogP contribution in [0, 0.1) is 0 Å². The maximum absolute atomic E-state index is 12.3. The zero-order valence-corrected chi connectivity index (χ0v) is 13.6. The summed E-state index contributed by atoms with van der Waals surface area (Å²) < 4.78 is 29.8. The number of carbonyl (C=O) groups excluding carboxylic acids is 1. The van der Waals surface area contributed by atoms with Crippen LogP contribution in [0.15, 0.2) is 28.1 Å². The second-order valence-corrected chi connectivity index (χ2v) is 8.66. The van der Waals surface area contributed by atoms with E-state index in [0.29, 0.717) is 11.5 Å². The first-order valence-corrected chi connectivity index (χ1v) is 9.56. The van der Waals surface area contributed by atoms with E-state index < -0.39 is 21.0 Å². The Kier molecular flexibility index (Phi) is 4.05. The van der Waals surface area contributed by atoms with Crippen molar-refractivity contribution in [3.8, 4) is 10.6 Å². The molecule has 2 heterocycles. The molecule has 0 spiro atoms. The Bertz CT molecular complexity index is 761. The molecule has 22 heavy (non-hydrogen) atoms. The van der Waals surface area contributed by atoms with Crippen LogP contribution in [0.25, 0.3) is 10.6 Å². The van der Waals surface area contributed by atoms with E-state index in [-0.39, 0.29) is 11.8 Å². The fourth-order valence-corrected chi connectivity index (χ4v) is 3.82. The number of rotatable bonds is 6. The van der Waals surface area contributed by atoms with Crippen LogP contribution in [0.2, 0.25) is 0 Å². The zero-order chi connectivity index (χ0) is 15.7. The molecule has 1 amide bonds. The van der Waals surface area contributed by atoms with E-state index in [1.807, 2.05) is 17.5 Å². The summed E-state index contributed by atoms with van der Waals surface area (Å²) in [6, 6.07) is 5.50. The van der Waals surface area contributed by atoms with Crippen molar-refractivity contribution in [2.45, 2.75) is 36.8 Å². The van der Waals surface area contributed by atoms with Crippen LogP contribution in [0.5, 0.6) is 0 Å². The van der Waals surface area contributed by atoms with Crippen molar-refractivity contribution in [1.29, 1.82) is 0 Å². The number of hydrogen-bond acceptors (Lipinski definition) is 6. The third kappa shape index (κ3) is 3.38. The maximum Gasteiger partial charge on any atom is 0.238 e. The molecule has 0 saturated heterocycles. The van der Waals surface area contributed by atoms with Crippen molar-refractivity contribution in [2.75, 3.05) is 0 Å². The minimum absolute atomic E-state index is 0.141. The van der Waals surface area contributed by atoms with Gasteiger partial charge in [-0.05, 0) is 31.2 Å². The highest BCUT2D eigenvalue weighted by molar-refractivity contribution is 7.92. The molecular weight excluding hydrogens is 324 g/mol. The highest BCUT2D eigenvalue weighted by Crippen LogP contribution is 2.26. The molecule has 1 aliphatic carbocycles. The largest absolute Gasteiger partial charge is 0.355 e. The normalized spacial score (nSPS) is 16.4. The van der Waals surface area contributed by atoms with Crippen molar-refractivity contribution in [3.05, 3.63) is 29.3 Å². The third-order valence-corrected chi connectivity index (χ3v) is 6.38. The molecule has 0 bridgehead atoms. The van der Waals surface area contributed by atoms with E-state index in [2.05, 4.69) is 10.5 Å². The van der Waals surface area contributed by atoms with E-state index in [1.165, 1.54) is 18.3 Å². The first kappa shape index (κ1) is 15.2. The average Bonchev–Trinajstić information content (AvgIpc) is 2.93. The number of hydrogen-bond donors (Lipinski definition) is 1. The molecule has 1 fully saturated rings. The summed E-state index contributed by atoms with van der Waals surface area (Å²) >= 11 is 1.48. The first-order valence-electron chi connectivity index (χ1n) is 6.97. The predicted molar refractivity (Wildman–Crippen MR) is 83.1 cm³/mol. The summed E-state index contributed by atoms with van der Waals surface area (Å²) in [5, 5.41) is 7.32. The van der Waals surface area contributed by atoms with Crippen LogP contribution in [0.3, 0.4) is 0 Å². The number of amides is 1. The molecule has 8 heteroatoms. The molecule has 0 aromatic carbocycles. The highest BCUT2D eigenvalue weighted by atomic mass is 32.2. The molecule has 1 aliphatic rings. The molecule has 0 radical (unpaired) electrons. The molecular formula is C14H16N2O4S2. The lowest BCUT2D eigenvalue weighted by Gasteiger charge is -2.11. The van der Waals surface area contributed by atoms with Crippen molar-refractivity contribution in [2.24, 2.45) is 0 Å². The summed E-state index contributed by atoms with van der Waals surface area (Å²) in [4.78, 5) is 12.8. The van der Waals surface area contributed by atoms with E-state index in [1.54, 1.807) is 6.07 Å². The number of nitrogens with one attached hydrogen (secondary N) is 1. The standard InChI is InChI=1S/C14H16N2O4S2/c1-9(14(17)15-10-4-5-10)22(18,19)8-11-7-12(20-16-11)13-3-2-6-21-13/h2-3,6-7,9-10H,4-5,8H2,1H3,(H,15,17)/t9-/m0/s1. The van der Waals surface area contributed by atoms with Gasteiger partial charge < -0.3 is 9.84 Å². The summed E-state index contributed by atoms with van der Waals surface area (Å²) in [5.74, 6) is -0.207. The molecule has 1 saturated carbocycles. The van der Waals surface area contributed by atoms with Crippen LogP contribution < -0.4 is 5.32 Å². The lowest BCUT2D eigenvalue weighted by molar-refractivity contribution is -0.120. The Morgan fingerprint density at radius 1 is 1.55 bits per heavy atom. The van der Waals surface area contributed by atoms with Crippen molar-refractivity contribution < 1.29 is 17.7 Å². The maximum atomic E-state index is 12.3. The van der Waals surface area contributed by atoms with Crippen molar-refractivity contribution >= 4 is 27.1 Å². The minimum Gasteiger partial charge on any atom is -0.355 e. The van der Waals surface area contributed by atoms with Crippen LogP contribution in [-0.4, -0.2) is 30.8 Å². The number of nitrogens with zero attached hydrogens (tertiary/aromatic N) is 1. The second kappa shape index (κ2) is 5.85. The Labute approximate surface area is 132 Å². The Morgan fingerprint density at radius 2 is 2.32 bits per heavy atom. The fourth-order valence-electron chi connectivity index (χ4n) is 1.96. The molecule has 1 atom stereocenters. The van der Waals surface area contributed by atoms with Gasteiger partial charge in [0.2, 0.25) is 5.91 Å². The van der Waals surface area contributed by atoms with Gasteiger partial charge in [0.1, 0.15) is 5.25 Å². The fraction of sp³-hybridized carbons (Fsp3) is 0.429. The summed E-state index contributed by atoms with van der Waals surface area (Å²) in [6.45, 7) is 1.41. The third-order valence-electron chi connectivity index (χ3n) is 3.50. The summed E-state index contributed by atoms with van der Waals surface area (Å²) in [6.07, 6.45) is 1.85. The van der Waals surface area contributed by atoms with Gasteiger partial charge in [-0.2, -0.15) is 0 Å². The van der Waals surface area contributed by atoms with Crippen LogP contribution >= 0.6 is 11.3 Å². The Balaban J connectivity index is 1.69. The highest BCUT2D eigenvalue weighted by Gasteiger charge is 2.33. The molecule has 118 valence electrons. The Morgan fingerprint density at radius 3 is 2.95 bits per heavy atom. The van der Waals surface area contributed by atoms with Crippen LogP contribution in [-0.2, 0) is 20.4 Å². The number of thiophene rings is 1. The first-order chi connectivity index (χ1) is 10.5. The van der Waals surface area contributed by atoms with Gasteiger partial charge in [-0.3, -0.25) is 4.79 Å². The smallest absolute Gasteiger partial charge is 0.238 e. The van der Waals surface area contributed by atoms with Gasteiger partial charge in [-0.25, -0.2) is 8.42 Å². The minimum atomic E-state index is -3.62. The van der Waals surface area contributed by atoms with Crippen LogP contribution in [0.4, 0.5) is 0 Å². The molecule has 2 aromatic rings. The van der Waals surface area contributed by atoms with Crippen molar-refractivity contribution in [1.82, 2.24) is 10.5 Å². The molecule has 2 aromatic heterocycles. The summed E-state index contributed by atoms with van der Waals surface area (Å²) in [7, 11) is -3.62. The van der Waals surface area contributed by atoms with Gasteiger partial charge in [0, 0.05) is 12.1 Å². The average molecular weight is 340 g/mol. The van der Waals surface area contributed by atoms with E-state index in [4.69, 9.17) is 4.52 Å².